The van der Waals surface area contributed by atoms with Crippen molar-refractivity contribution in [2.75, 3.05) is 4.90 Å². The molecule has 1 aromatic heterocycles. The first-order valence-electron chi connectivity index (χ1n) is 9.08. The minimum absolute atomic E-state index is 0.113. The van der Waals surface area contributed by atoms with Crippen LogP contribution >= 0.6 is 11.8 Å². The molecule has 1 amide bonds. The number of fused-ring (bicyclic) bond motifs is 1. The summed E-state index contributed by atoms with van der Waals surface area (Å²) in [6.07, 6.45) is 0.904. The molecule has 6 heteroatoms. The number of amides is 1. The van der Waals surface area contributed by atoms with Crippen molar-refractivity contribution >= 4 is 23.4 Å². The minimum Gasteiger partial charge on any atom is -0.308 e. The zero-order valence-corrected chi connectivity index (χ0v) is 16.5. The van der Waals surface area contributed by atoms with Crippen LogP contribution in [0.3, 0.4) is 0 Å². The van der Waals surface area contributed by atoms with E-state index in [0.717, 1.165) is 28.7 Å². The number of hydrogen-bond donors (Lipinski definition) is 0. The molecule has 0 aliphatic carbocycles. The van der Waals surface area contributed by atoms with Gasteiger partial charge in [-0.3, -0.25) is 4.79 Å². The molecule has 1 aliphatic rings. The van der Waals surface area contributed by atoms with Gasteiger partial charge in [0.25, 0.3) is 0 Å². The van der Waals surface area contributed by atoms with Gasteiger partial charge in [0, 0.05) is 24.3 Å². The van der Waals surface area contributed by atoms with Gasteiger partial charge in [0.05, 0.1) is 5.25 Å². The Balaban J connectivity index is 1.54. The number of carbonyl (C=O) groups excluding carboxylic acids is 1. The maximum atomic E-state index is 13.2. The largest absolute Gasteiger partial charge is 0.308 e. The van der Waals surface area contributed by atoms with Crippen LogP contribution in [0.4, 0.5) is 5.69 Å². The van der Waals surface area contributed by atoms with E-state index in [4.69, 9.17) is 0 Å². The minimum atomic E-state index is -0.245. The molecule has 0 saturated heterocycles. The highest BCUT2D eigenvalue weighted by Gasteiger charge is 2.34. The molecule has 2 heterocycles. The number of hydrogen-bond acceptors (Lipinski definition) is 4. The number of rotatable bonds is 4. The van der Waals surface area contributed by atoms with Crippen molar-refractivity contribution < 1.29 is 4.79 Å². The number of anilines is 1. The summed E-state index contributed by atoms with van der Waals surface area (Å²) in [7, 11) is 1.94. The van der Waals surface area contributed by atoms with Crippen molar-refractivity contribution in [3.05, 3.63) is 60.2 Å². The van der Waals surface area contributed by atoms with Crippen LogP contribution in [-0.2, 0) is 18.3 Å². The first kappa shape index (κ1) is 17.8. The molecule has 3 aromatic rings. The van der Waals surface area contributed by atoms with Crippen molar-refractivity contribution in [2.45, 2.75) is 36.7 Å². The molecule has 2 atom stereocenters. The summed E-state index contributed by atoms with van der Waals surface area (Å²) in [6, 6.07) is 18.3. The monoisotopic (exact) mass is 378 g/mol. The van der Waals surface area contributed by atoms with Crippen molar-refractivity contribution in [3.63, 3.8) is 0 Å². The second kappa shape index (κ2) is 7.19. The van der Waals surface area contributed by atoms with E-state index in [1.807, 2.05) is 72.0 Å². The Kier molecular flexibility index (Phi) is 4.74. The third-order valence-corrected chi connectivity index (χ3v) is 6.06. The quantitative estimate of drug-likeness (QED) is 0.645. The number of benzene rings is 2. The van der Waals surface area contributed by atoms with Gasteiger partial charge in [-0.1, -0.05) is 60.3 Å². The molecule has 0 N–H and O–H groups in total. The summed E-state index contributed by atoms with van der Waals surface area (Å²) >= 11 is 1.46. The molecule has 27 heavy (non-hydrogen) atoms. The topological polar surface area (TPSA) is 51.0 Å². The molecule has 138 valence electrons. The van der Waals surface area contributed by atoms with E-state index in [9.17, 15) is 4.79 Å². The van der Waals surface area contributed by atoms with E-state index in [-0.39, 0.29) is 17.2 Å². The van der Waals surface area contributed by atoms with Gasteiger partial charge in [0.1, 0.15) is 0 Å². The molecule has 0 radical (unpaired) electrons. The lowest BCUT2D eigenvalue weighted by molar-refractivity contribution is -0.118. The van der Waals surface area contributed by atoms with Gasteiger partial charge in [-0.05, 0) is 31.9 Å². The second-order valence-corrected chi connectivity index (χ2v) is 8.19. The molecule has 2 unspecified atom stereocenters. The van der Waals surface area contributed by atoms with Crippen molar-refractivity contribution in [1.82, 2.24) is 14.8 Å². The molecule has 0 bridgehead atoms. The molecule has 0 spiro atoms. The average Bonchev–Trinajstić information content (AvgIpc) is 3.21. The van der Waals surface area contributed by atoms with Gasteiger partial charge in [-0.25, -0.2) is 0 Å². The molecule has 4 rings (SSSR count). The zero-order chi connectivity index (χ0) is 19.0. The van der Waals surface area contributed by atoms with Gasteiger partial charge in [-0.15, -0.1) is 10.2 Å². The summed E-state index contributed by atoms with van der Waals surface area (Å²) in [6.45, 7) is 4.04. The molecular formula is C21H22N4OS. The highest BCUT2D eigenvalue weighted by atomic mass is 32.2. The van der Waals surface area contributed by atoms with Crippen LogP contribution in [-0.4, -0.2) is 32.0 Å². The molecular weight excluding hydrogens is 356 g/mol. The summed E-state index contributed by atoms with van der Waals surface area (Å²) in [5, 5.41) is 9.12. The maximum Gasteiger partial charge on any atom is 0.240 e. The predicted octanol–water partition coefficient (Wildman–Crippen LogP) is 3.94. The van der Waals surface area contributed by atoms with E-state index in [2.05, 4.69) is 23.2 Å². The number of aromatic nitrogens is 3. The Morgan fingerprint density at radius 1 is 1.11 bits per heavy atom. The van der Waals surface area contributed by atoms with E-state index >= 15 is 0 Å². The molecule has 0 fully saturated rings. The SMILES string of the molecule is CC(Sc1nnc(-c2ccccc2)n1C)C(=O)N1c2ccccc2CC1C. The van der Waals surface area contributed by atoms with Gasteiger partial charge >= 0.3 is 0 Å². The Morgan fingerprint density at radius 2 is 1.81 bits per heavy atom. The van der Waals surface area contributed by atoms with Crippen LogP contribution in [0, 0.1) is 0 Å². The van der Waals surface area contributed by atoms with Crippen LogP contribution in [0.5, 0.6) is 0 Å². The average molecular weight is 379 g/mol. The summed E-state index contributed by atoms with van der Waals surface area (Å²) in [5.74, 6) is 0.916. The second-order valence-electron chi connectivity index (χ2n) is 6.88. The summed E-state index contributed by atoms with van der Waals surface area (Å²) in [4.78, 5) is 15.1. The Morgan fingerprint density at radius 3 is 2.59 bits per heavy atom. The fourth-order valence-electron chi connectivity index (χ4n) is 3.56. The molecule has 5 nitrogen and oxygen atoms in total. The summed E-state index contributed by atoms with van der Waals surface area (Å²) in [5.41, 5.74) is 3.28. The van der Waals surface area contributed by atoms with Gasteiger partial charge < -0.3 is 9.47 Å². The van der Waals surface area contributed by atoms with Crippen LogP contribution in [0.1, 0.15) is 19.4 Å². The van der Waals surface area contributed by atoms with Crippen molar-refractivity contribution in [1.29, 1.82) is 0 Å². The van der Waals surface area contributed by atoms with Crippen LogP contribution < -0.4 is 4.90 Å². The van der Waals surface area contributed by atoms with Crippen LogP contribution in [0.15, 0.2) is 59.8 Å². The Hall–Kier alpha value is -2.60. The van der Waals surface area contributed by atoms with Crippen molar-refractivity contribution in [2.24, 2.45) is 7.05 Å². The van der Waals surface area contributed by atoms with Gasteiger partial charge in [0.2, 0.25) is 5.91 Å². The van der Waals surface area contributed by atoms with E-state index in [1.54, 1.807) is 0 Å². The van der Waals surface area contributed by atoms with Gasteiger partial charge in [0.15, 0.2) is 11.0 Å². The van der Waals surface area contributed by atoms with E-state index < -0.39 is 0 Å². The van der Waals surface area contributed by atoms with Crippen molar-refractivity contribution in [3.8, 4) is 11.4 Å². The lowest BCUT2D eigenvalue weighted by Gasteiger charge is -2.25. The lowest BCUT2D eigenvalue weighted by Crippen LogP contribution is -2.40. The predicted molar refractivity (Wildman–Crippen MR) is 109 cm³/mol. The zero-order valence-electron chi connectivity index (χ0n) is 15.7. The van der Waals surface area contributed by atoms with E-state index in [1.165, 1.54) is 17.3 Å². The third-order valence-electron chi connectivity index (χ3n) is 4.94. The lowest BCUT2D eigenvalue weighted by atomic mass is 10.1. The maximum absolute atomic E-state index is 13.2. The van der Waals surface area contributed by atoms with E-state index in [0.29, 0.717) is 0 Å². The summed E-state index contributed by atoms with van der Waals surface area (Å²) < 4.78 is 1.95. The first-order chi connectivity index (χ1) is 13.1. The van der Waals surface area contributed by atoms with Gasteiger partial charge in [-0.2, -0.15) is 0 Å². The van der Waals surface area contributed by atoms with Crippen LogP contribution in [0.25, 0.3) is 11.4 Å². The molecule has 2 aromatic carbocycles. The normalized spacial score (nSPS) is 17.0. The Labute approximate surface area is 163 Å². The highest BCUT2D eigenvalue weighted by molar-refractivity contribution is 8.00. The smallest absolute Gasteiger partial charge is 0.240 e. The molecule has 1 aliphatic heterocycles. The molecule has 0 saturated carbocycles. The third kappa shape index (κ3) is 3.25. The fourth-order valence-corrected chi connectivity index (χ4v) is 4.43. The number of carbonyl (C=O) groups is 1. The number of thioether (sulfide) groups is 1. The van der Waals surface area contributed by atoms with Crippen LogP contribution in [0.2, 0.25) is 0 Å². The number of nitrogens with zero attached hydrogens (tertiary/aromatic N) is 4. The first-order valence-corrected chi connectivity index (χ1v) is 9.96. The number of para-hydroxylation sites is 1. The highest BCUT2D eigenvalue weighted by Crippen LogP contribution is 2.34. The Bertz CT molecular complexity index is 969. The fraction of sp³-hybridized carbons (Fsp3) is 0.286. The standard InChI is InChI=1S/C21H22N4OS/c1-14-13-17-11-7-8-12-18(17)25(14)20(26)15(2)27-21-23-22-19(24(21)3)16-9-5-4-6-10-16/h4-12,14-15H,13H2,1-3H3.